The zero-order valence-electron chi connectivity index (χ0n) is 20.5. The number of hydrogen-bond donors (Lipinski definition) is 2. The van der Waals surface area contributed by atoms with Crippen molar-refractivity contribution in [1.29, 1.82) is 0 Å². The van der Waals surface area contributed by atoms with Gasteiger partial charge in [0.05, 0.1) is 10.9 Å². The van der Waals surface area contributed by atoms with Crippen LogP contribution in [0.5, 0.6) is 5.75 Å². The molecule has 37 heavy (non-hydrogen) atoms. The van der Waals surface area contributed by atoms with E-state index in [1.54, 1.807) is 18.2 Å². The second-order valence-corrected chi connectivity index (χ2v) is 8.93. The van der Waals surface area contributed by atoms with E-state index in [0.717, 1.165) is 24.1 Å². The van der Waals surface area contributed by atoms with E-state index < -0.39 is 6.10 Å². The fraction of sp³-hybridized carbons (Fsp3) is 0.156. The third-order valence-corrected chi connectivity index (χ3v) is 6.22. The summed E-state index contributed by atoms with van der Waals surface area (Å²) >= 11 is 0. The first kappa shape index (κ1) is 24.5. The second kappa shape index (κ2) is 11.7. The van der Waals surface area contributed by atoms with Crippen molar-refractivity contribution in [3.05, 3.63) is 125 Å². The lowest BCUT2D eigenvalue weighted by atomic mass is 9.98. The first-order chi connectivity index (χ1) is 18.2. The summed E-state index contributed by atoms with van der Waals surface area (Å²) in [6, 6.07) is 34.6. The number of ether oxygens (including phenoxy) is 1. The molecule has 1 atom stereocenters. The molecule has 1 aromatic heterocycles. The van der Waals surface area contributed by atoms with Crippen LogP contribution in [-0.2, 0) is 6.42 Å². The molecule has 0 amide bonds. The van der Waals surface area contributed by atoms with Crippen LogP contribution >= 0.6 is 0 Å². The van der Waals surface area contributed by atoms with Crippen LogP contribution in [-0.4, -0.2) is 30.9 Å². The van der Waals surface area contributed by atoms with Crippen LogP contribution in [0.1, 0.15) is 5.56 Å². The molecule has 1 heterocycles. The molecule has 186 valence electrons. The van der Waals surface area contributed by atoms with Crippen molar-refractivity contribution < 1.29 is 14.3 Å². The van der Waals surface area contributed by atoms with E-state index >= 15 is 0 Å². The molecule has 0 aliphatic carbocycles. The van der Waals surface area contributed by atoms with Gasteiger partial charge in [0, 0.05) is 18.2 Å². The monoisotopic (exact) mass is 491 g/mol. The minimum absolute atomic E-state index is 0.0968. The van der Waals surface area contributed by atoms with E-state index in [1.165, 1.54) is 5.56 Å². The molecule has 0 spiro atoms. The number of hydrogen-bond acceptors (Lipinski definition) is 5. The van der Waals surface area contributed by atoms with E-state index in [0.29, 0.717) is 34.6 Å². The zero-order chi connectivity index (χ0) is 25.5. The van der Waals surface area contributed by atoms with Crippen LogP contribution in [0.25, 0.3) is 33.4 Å². The number of benzene rings is 4. The zero-order valence-corrected chi connectivity index (χ0v) is 20.5. The van der Waals surface area contributed by atoms with E-state index in [9.17, 15) is 9.90 Å². The second-order valence-electron chi connectivity index (χ2n) is 8.93. The fourth-order valence-corrected chi connectivity index (χ4v) is 4.32. The average molecular weight is 492 g/mol. The number of fused-ring (bicyclic) bond motifs is 1. The largest absolute Gasteiger partial charge is 0.491 e. The van der Waals surface area contributed by atoms with Crippen molar-refractivity contribution in [2.24, 2.45) is 0 Å². The highest BCUT2D eigenvalue weighted by atomic mass is 16.5. The molecule has 4 aromatic carbocycles. The maximum Gasteiger partial charge on any atom is 0.201 e. The van der Waals surface area contributed by atoms with Gasteiger partial charge < -0.3 is 19.6 Å². The molecule has 0 bridgehead atoms. The Balaban J connectivity index is 1.32. The Kier molecular flexibility index (Phi) is 7.75. The van der Waals surface area contributed by atoms with Gasteiger partial charge in [-0.15, -0.1) is 0 Å². The standard InChI is InChI=1S/C32H29NO4/c34-26(21-33-19-18-23-10-4-1-5-11-23)22-36-27-16-17-28-29(20-27)37-32(25-14-8-3-9-15-25)30(31(28)35)24-12-6-2-7-13-24/h1-17,20,26,33-34H,18-19,21-22H2. The first-order valence-corrected chi connectivity index (χ1v) is 12.5. The van der Waals surface area contributed by atoms with Crippen LogP contribution in [0.4, 0.5) is 0 Å². The van der Waals surface area contributed by atoms with Crippen LogP contribution in [0.3, 0.4) is 0 Å². The van der Waals surface area contributed by atoms with Crippen LogP contribution in [0.15, 0.2) is 118 Å². The van der Waals surface area contributed by atoms with E-state index in [4.69, 9.17) is 9.15 Å². The Hall–Kier alpha value is -4.19. The van der Waals surface area contributed by atoms with Crippen molar-refractivity contribution in [2.75, 3.05) is 19.7 Å². The highest BCUT2D eigenvalue weighted by molar-refractivity contribution is 5.89. The minimum atomic E-state index is -0.668. The summed E-state index contributed by atoms with van der Waals surface area (Å²) in [7, 11) is 0. The Labute approximate surface area is 216 Å². The summed E-state index contributed by atoms with van der Waals surface area (Å²) < 4.78 is 12.2. The minimum Gasteiger partial charge on any atom is -0.491 e. The van der Waals surface area contributed by atoms with Crippen molar-refractivity contribution >= 4 is 11.0 Å². The lowest BCUT2D eigenvalue weighted by molar-refractivity contribution is 0.106. The Bertz CT molecular complexity index is 1500. The van der Waals surface area contributed by atoms with Gasteiger partial charge in [0.15, 0.2) is 0 Å². The number of rotatable bonds is 10. The van der Waals surface area contributed by atoms with Gasteiger partial charge in [0.2, 0.25) is 5.43 Å². The molecule has 0 aliphatic rings. The first-order valence-electron chi connectivity index (χ1n) is 12.5. The Morgan fingerprint density at radius 1 is 0.811 bits per heavy atom. The van der Waals surface area contributed by atoms with E-state index in [-0.39, 0.29) is 12.0 Å². The molecule has 5 heteroatoms. The molecule has 0 fully saturated rings. The Morgan fingerprint density at radius 3 is 2.16 bits per heavy atom. The summed E-state index contributed by atoms with van der Waals surface area (Å²) in [5, 5.41) is 14.1. The fourth-order valence-electron chi connectivity index (χ4n) is 4.32. The predicted molar refractivity (Wildman–Crippen MR) is 148 cm³/mol. The predicted octanol–water partition coefficient (Wildman–Crippen LogP) is 5.70. The molecular formula is C32H29NO4. The third kappa shape index (κ3) is 5.97. The normalized spacial score (nSPS) is 11.9. The summed E-state index contributed by atoms with van der Waals surface area (Å²) in [6.07, 6.45) is 0.228. The van der Waals surface area contributed by atoms with Gasteiger partial charge in [0.1, 0.15) is 29.8 Å². The van der Waals surface area contributed by atoms with Crippen LogP contribution in [0.2, 0.25) is 0 Å². The molecule has 5 aromatic rings. The van der Waals surface area contributed by atoms with Gasteiger partial charge in [0.25, 0.3) is 0 Å². The molecule has 5 nitrogen and oxygen atoms in total. The molecule has 5 rings (SSSR count). The number of aliphatic hydroxyl groups is 1. The van der Waals surface area contributed by atoms with Crippen LogP contribution < -0.4 is 15.5 Å². The highest BCUT2D eigenvalue weighted by Gasteiger charge is 2.18. The lowest BCUT2D eigenvalue weighted by Crippen LogP contribution is -2.32. The van der Waals surface area contributed by atoms with Gasteiger partial charge >= 0.3 is 0 Å². The summed E-state index contributed by atoms with van der Waals surface area (Å²) in [5.74, 6) is 1.05. The molecule has 0 aliphatic heterocycles. The van der Waals surface area contributed by atoms with Gasteiger partial charge in [-0.1, -0.05) is 91.0 Å². The van der Waals surface area contributed by atoms with Gasteiger partial charge in [-0.05, 0) is 36.2 Å². The topological polar surface area (TPSA) is 71.7 Å². The molecular weight excluding hydrogens is 462 g/mol. The maximum absolute atomic E-state index is 13.6. The lowest BCUT2D eigenvalue weighted by Gasteiger charge is -2.14. The molecule has 2 N–H and O–H groups in total. The van der Waals surface area contributed by atoms with E-state index in [1.807, 2.05) is 78.9 Å². The quantitative estimate of drug-likeness (QED) is 0.245. The van der Waals surface area contributed by atoms with Gasteiger partial charge in [-0.2, -0.15) is 0 Å². The van der Waals surface area contributed by atoms with Gasteiger partial charge in [-0.25, -0.2) is 0 Å². The van der Waals surface area contributed by atoms with Crippen molar-refractivity contribution in [2.45, 2.75) is 12.5 Å². The molecule has 0 radical (unpaired) electrons. The van der Waals surface area contributed by atoms with Crippen LogP contribution in [0, 0.1) is 0 Å². The summed E-state index contributed by atoms with van der Waals surface area (Å²) in [6.45, 7) is 1.32. The molecule has 0 saturated carbocycles. The third-order valence-electron chi connectivity index (χ3n) is 6.22. The molecule has 1 unspecified atom stereocenters. The average Bonchev–Trinajstić information content (AvgIpc) is 2.95. The SMILES string of the molecule is O=c1c(-c2ccccc2)c(-c2ccccc2)oc2cc(OCC(O)CNCCc3ccccc3)ccc12. The Morgan fingerprint density at radius 2 is 1.46 bits per heavy atom. The van der Waals surface area contributed by atoms with Crippen molar-refractivity contribution in [3.63, 3.8) is 0 Å². The highest BCUT2D eigenvalue weighted by Crippen LogP contribution is 2.33. The smallest absolute Gasteiger partial charge is 0.201 e. The van der Waals surface area contributed by atoms with Gasteiger partial charge in [-0.3, -0.25) is 4.79 Å². The maximum atomic E-state index is 13.6. The van der Waals surface area contributed by atoms with Crippen molar-refractivity contribution in [1.82, 2.24) is 5.32 Å². The number of nitrogens with one attached hydrogen (secondary N) is 1. The van der Waals surface area contributed by atoms with Crippen molar-refractivity contribution in [3.8, 4) is 28.2 Å². The summed E-state index contributed by atoms with van der Waals surface area (Å²) in [4.78, 5) is 13.6. The number of aliphatic hydroxyl groups excluding tert-OH is 1. The summed E-state index contributed by atoms with van der Waals surface area (Å²) in [5.41, 5.74) is 3.76. The molecule has 0 saturated heterocycles. The van der Waals surface area contributed by atoms with E-state index in [2.05, 4.69) is 17.4 Å².